The first-order chi connectivity index (χ1) is 7.54. The molecule has 16 heavy (non-hydrogen) atoms. The van der Waals surface area contributed by atoms with Crippen molar-refractivity contribution in [1.29, 1.82) is 5.26 Å². The second-order valence-corrected chi connectivity index (χ2v) is 3.50. The Morgan fingerprint density at radius 1 is 1.62 bits per heavy atom. The van der Waals surface area contributed by atoms with Crippen molar-refractivity contribution in [2.45, 2.75) is 0 Å². The molecule has 0 aromatic heterocycles. The maximum atomic E-state index is 10.5. The molecule has 0 unspecified atom stereocenters. The molecule has 2 N–H and O–H groups in total. The second-order valence-electron chi connectivity index (χ2n) is 3.06. The summed E-state index contributed by atoms with van der Waals surface area (Å²) in [4.78, 5) is 10.5. The van der Waals surface area contributed by atoms with Gasteiger partial charge in [-0.3, -0.25) is 0 Å². The summed E-state index contributed by atoms with van der Waals surface area (Å²) in [6.07, 6.45) is 0. The van der Waals surface area contributed by atoms with Crippen LogP contribution in [-0.4, -0.2) is 17.6 Å². The van der Waals surface area contributed by atoms with E-state index in [9.17, 15) is 4.79 Å². The highest BCUT2D eigenvalue weighted by Crippen LogP contribution is 2.20. The molecule has 82 valence electrons. The van der Waals surface area contributed by atoms with Gasteiger partial charge in [-0.15, -0.1) is 0 Å². The van der Waals surface area contributed by atoms with E-state index in [1.54, 1.807) is 18.2 Å². The molecule has 0 fully saturated rings. The highest BCUT2D eigenvalue weighted by molar-refractivity contribution is 6.30. The molecule has 0 radical (unpaired) electrons. The van der Waals surface area contributed by atoms with Crippen molar-refractivity contribution >= 4 is 23.3 Å². The van der Waals surface area contributed by atoms with Crippen molar-refractivity contribution in [2.75, 3.05) is 11.9 Å². The van der Waals surface area contributed by atoms with Crippen LogP contribution < -0.4 is 5.32 Å². The van der Waals surface area contributed by atoms with Gasteiger partial charge in [-0.1, -0.05) is 18.2 Å². The van der Waals surface area contributed by atoms with E-state index in [4.69, 9.17) is 22.0 Å². The van der Waals surface area contributed by atoms with Crippen molar-refractivity contribution in [2.24, 2.45) is 0 Å². The molecule has 0 atom stereocenters. The Balaban J connectivity index is 2.81. The molecular formula is C11H9ClN2O2. The van der Waals surface area contributed by atoms with E-state index in [1.165, 1.54) is 0 Å². The molecule has 0 aliphatic carbocycles. The van der Waals surface area contributed by atoms with E-state index in [0.29, 0.717) is 16.3 Å². The van der Waals surface area contributed by atoms with Gasteiger partial charge in [0.25, 0.3) is 0 Å². The number of aliphatic carboxylic acids is 1. The lowest BCUT2D eigenvalue weighted by Gasteiger charge is -2.08. The van der Waals surface area contributed by atoms with Crippen LogP contribution in [0.3, 0.4) is 0 Å². The number of anilines is 1. The minimum atomic E-state index is -1.08. The fourth-order valence-electron chi connectivity index (χ4n) is 1.04. The number of rotatable bonds is 4. The summed E-state index contributed by atoms with van der Waals surface area (Å²) in [6, 6.07) is 6.70. The number of nitrogens with one attached hydrogen (secondary N) is 1. The van der Waals surface area contributed by atoms with Gasteiger partial charge in [-0.2, -0.15) is 5.26 Å². The third-order valence-corrected chi connectivity index (χ3v) is 2.13. The molecule has 0 saturated carbocycles. The standard InChI is InChI=1S/C11H9ClN2O2/c1-7(11(15)16)6-14-10-4-9(12)3-2-8(10)5-13/h2-4,14H,1,6H2,(H,15,16). The average molecular weight is 237 g/mol. The van der Waals surface area contributed by atoms with Crippen LogP contribution in [0.15, 0.2) is 30.4 Å². The maximum Gasteiger partial charge on any atom is 0.332 e. The molecule has 1 aromatic carbocycles. The van der Waals surface area contributed by atoms with Gasteiger partial charge in [0.15, 0.2) is 0 Å². The SMILES string of the molecule is C=C(CNc1cc(Cl)ccc1C#N)C(=O)O. The zero-order valence-corrected chi connectivity index (χ0v) is 9.08. The fraction of sp³-hybridized carbons (Fsp3) is 0.0909. The summed E-state index contributed by atoms with van der Waals surface area (Å²) >= 11 is 5.76. The highest BCUT2D eigenvalue weighted by Gasteiger charge is 2.06. The topological polar surface area (TPSA) is 73.1 Å². The van der Waals surface area contributed by atoms with Crippen LogP contribution in [-0.2, 0) is 4.79 Å². The molecule has 4 nitrogen and oxygen atoms in total. The monoisotopic (exact) mass is 236 g/mol. The number of carbonyl (C=O) groups is 1. The maximum absolute atomic E-state index is 10.5. The smallest absolute Gasteiger partial charge is 0.332 e. The Morgan fingerprint density at radius 2 is 2.31 bits per heavy atom. The lowest BCUT2D eigenvalue weighted by atomic mass is 10.2. The number of nitrogens with zero attached hydrogens (tertiary/aromatic N) is 1. The Morgan fingerprint density at radius 3 is 2.88 bits per heavy atom. The zero-order chi connectivity index (χ0) is 12.1. The molecule has 0 spiro atoms. The molecule has 0 amide bonds. The van der Waals surface area contributed by atoms with Crippen molar-refractivity contribution in [3.63, 3.8) is 0 Å². The third-order valence-electron chi connectivity index (χ3n) is 1.90. The van der Waals surface area contributed by atoms with Gasteiger partial charge in [0.1, 0.15) is 6.07 Å². The van der Waals surface area contributed by atoms with Gasteiger partial charge in [-0.05, 0) is 18.2 Å². The quantitative estimate of drug-likeness (QED) is 0.787. The van der Waals surface area contributed by atoms with Gasteiger partial charge < -0.3 is 10.4 Å². The van der Waals surface area contributed by atoms with Gasteiger partial charge in [0.05, 0.1) is 11.3 Å². The van der Waals surface area contributed by atoms with Crippen LogP contribution in [0.2, 0.25) is 5.02 Å². The number of carboxylic acids is 1. The Labute approximate surface area is 97.8 Å². The van der Waals surface area contributed by atoms with Gasteiger partial charge in [0.2, 0.25) is 0 Å². The van der Waals surface area contributed by atoms with Crippen LogP contribution in [0.4, 0.5) is 5.69 Å². The van der Waals surface area contributed by atoms with Crippen LogP contribution in [0.5, 0.6) is 0 Å². The molecule has 0 heterocycles. The van der Waals surface area contributed by atoms with Gasteiger partial charge in [0, 0.05) is 17.1 Å². The minimum Gasteiger partial charge on any atom is -0.478 e. The summed E-state index contributed by atoms with van der Waals surface area (Å²) in [5.41, 5.74) is 0.920. The van der Waals surface area contributed by atoms with E-state index >= 15 is 0 Å². The van der Waals surface area contributed by atoms with Crippen molar-refractivity contribution in [1.82, 2.24) is 0 Å². The number of hydrogen-bond donors (Lipinski definition) is 2. The van der Waals surface area contributed by atoms with Crippen molar-refractivity contribution in [3.05, 3.63) is 40.9 Å². The Hall–Kier alpha value is -1.99. The predicted octanol–water partition coefficient (Wildman–Crippen LogP) is 2.26. The molecule has 0 saturated heterocycles. The molecule has 0 bridgehead atoms. The molecule has 5 heteroatoms. The normalized spacial score (nSPS) is 9.25. The number of carboxylic acid groups (broad SMARTS) is 1. The first kappa shape index (κ1) is 12.1. The van der Waals surface area contributed by atoms with Crippen molar-refractivity contribution in [3.8, 4) is 6.07 Å². The van der Waals surface area contributed by atoms with Crippen LogP contribution >= 0.6 is 11.6 Å². The zero-order valence-electron chi connectivity index (χ0n) is 8.33. The summed E-state index contributed by atoms with van der Waals surface area (Å²) in [5.74, 6) is -1.08. The molecule has 1 rings (SSSR count). The summed E-state index contributed by atoms with van der Waals surface area (Å²) in [6.45, 7) is 3.43. The third kappa shape index (κ3) is 3.01. The number of hydrogen-bond acceptors (Lipinski definition) is 3. The van der Waals surface area contributed by atoms with Crippen LogP contribution in [0, 0.1) is 11.3 Å². The van der Waals surface area contributed by atoms with Gasteiger partial charge >= 0.3 is 5.97 Å². The van der Waals surface area contributed by atoms with E-state index in [1.807, 2.05) is 6.07 Å². The first-order valence-corrected chi connectivity index (χ1v) is 4.77. The van der Waals surface area contributed by atoms with Crippen LogP contribution in [0.1, 0.15) is 5.56 Å². The molecule has 0 aliphatic heterocycles. The fourth-order valence-corrected chi connectivity index (χ4v) is 1.21. The largest absolute Gasteiger partial charge is 0.478 e. The lowest BCUT2D eigenvalue weighted by Crippen LogP contribution is -2.11. The highest BCUT2D eigenvalue weighted by atomic mass is 35.5. The van der Waals surface area contributed by atoms with E-state index in [0.717, 1.165) is 0 Å². The van der Waals surface area contributed by atoms with Crippen molar-refractivity contribution < 1.29 is 9.90 Å². The van der Waals surface area contributed by atoms with Crippen LogP contribution in [0.25, 0.3) is 0 Å². The van der Waals surface area contributed by atoms with E-state index in [2.05, 4.69) is 11.9 Å². The summed E-state index contributed by atoms with van der Waals surface area (Å²) in [7, 11) is 0. The summed E-state index contributed by atoms with van der Waals surface area (Å²) < 4.78 is 0. The van der Waals surface area contributed by atoms with E-state index < -0.39 is 5.97 Å². The second kappa shape index (κ2) is 5.19. The predicted molar refractivity (Wildman–Crippen MR) is 61.4 cm³/mol. The number of nitriles is 1. The van der Waals surface area contributed by atoms with E-state index in [-0.39, 0.29) is 12.1 Å². The summed E-state index contributed by atoms with van der Waals surface area (Å²) in [5, 5.41) is 20.7. The Kier molecular flexibility index (Phi) is 3.92. The minimum absolute atomic E-state index is 0.0175. The van der Waals surface area contributed by atoms with Gasteiger partial charge in [-0.25, -0.2) is 4.79 Å². The average Bonchev–Trinajstić information content (AvgIpc) is 2.25. The molecule has 0 aliphatic rings. The molecular weight excluding hydrogens is 228 g/mol. The first-order valence-electron chi connectivity index (χ1n) is 4.39. The number of halogens is 1. The lowest BCUT2D eigenvalue weighted by molar-refractivity contribution is -0.132. The number of benzene rings is 1. The molecule has 1 aromatic rings. The Bertz CT molecular complexity index is 477.